The van der Waals surface area contributed by atoms with Gasteiger partial charge in [0.1, 0.15) is 5.82 Å². The molecule has 0 saturated carbocycles. The van der Waals surface area contributed by atoms with Crippen LogP contribution < -0.4 is 0 Å². The number of H-pyrrole nitrogens is 1. The molecule has 2 aliphatic rings. The summed E-state index contributed by atoms with van der Waals surface area (Å²) in [4.78, 5) is 33.5. The lowest BCUT2D eigenvalue weighted by molar-refractivity contribution is -0.894. The van der Waals surface area contributed by atoms with E-state index in [-0.39, 0.29) is 23.5 Å². The Kier molecular flexibility index (Phi) is 9.94. The summed E-state index contributed by atoms with van der Waals surface area (Å²) in [5.74, 6) is -0.861. The maximum absolute atomic E-state index is 13.9. The summed E-state index contributed by atoms with van der Waals surface area (Å²) >= 11 is 0. The molecule has 3 heterocycles. The first kappa shape index (κ1) is 30.4. The summed E-state index contributed by atoms with van der Waals surface area (Å²) < 4.78 is 20.4. The maximum Gasteiger partial charge on any atom is 0.342 e. The second-order valence-corrected chi connectivity index (χ2v) is 10.7. The quantitative estimate of drug-likeness (QED) is 0.407. The van der Waals surface area contributed by atoms with Crippen molar-refractivity contribution in [2.24, 2.45) is 0 Å². The fourth-order valence-corrected chi connectivity index (χ4v) is 4.78. The minimum atomic E-state index is -0.509. The number of urea groups is 1. The highest BCUT2D eigenvalue weighted by atomic mass is 19.1. The minimum absolute atomic E-state index is 0.113. The Morgan fingerprint density at radius 3 is 2.24 bits per heavy atom. The number of hydrogen-bond acceptors (Lipinski definition) is 3. The molecule has 0 atom stereocenters. The van der Waals surface area contributed by atoms with Crippen molar-refractivity contribution >= 4 is 28.5 Å². The first-order chi connectivity index (χ1) is 17.4. The van der Waals surface area contributed by atoms with Crippen molar-refractivity contribution in [2.45, 2.75) is 66.9 Å². The average molecular weight is 518 g/mol. The molecule has 7 nitrogen and oxygen atoms in total. The molecule has 1 saturated heterocycles. The number of hydrogen-bond donors (Lipinski definition) is 1. The molecule has 0 radical (unpaired) electrons. The summed E-state index contributed by atoms with van der Waals surface area (Å²) in [6.07, 6.45) is 1.30. The lowest BCUT2D eigenvalue weighted by Gasteiger charge is -2.41. The van der Waals surface area contributed by atoms with E-state index in [2.05, 4.69) is 19.1 Å². The van der Waals surface area contributed by atoms with Crippen LogP contribution in [0.5, 0.6) is 0 Å². The van der Waals surface area contributed by atoms with E-state index in [1.54, 1.807) is 31.0 Å². The third kappa shape index (κ3) is 6.72. The number of benzene rings is 1. The molecule has 1 N–H and O–H groups in total. The molecule has 1 fully saturated rings. The zero-order chi connectivity index (χ0) is 28.1. The first-order valence-electron chi connectivity index (χ1n) is 13.5. The number of amides is 2. The van der Waals surface area contributed by atoms with Crippen LogP contribution in [0.4, 0.5) is 9.18 Å². The third-order valence-electron chi connectivity index (χ3n) is 6.59. The number of nitrogens with one attached hydrogen (secondary N) is 1. The van der Waals surface area contributed by atoms with Crippen molar-refractivity contribution in [3.8, 4) is 0 Å². The van der Waals surface area contributed by atoms with Gasteiger partial charge in [-0.25, -0.2) is 14.0 Å². The number of carbonyl (C=O) groups excluding carboxylic acids is 2. The molecule has 8 heteroatoms. The van der Waals surface area contributed by atoms with Crippen LogP contribution in [0.1, 0.15) is 66.6 Å². The molecule has 2 aromatic rings. The van der Waals surface area contributed by atoms with Gasteiger partial charge in [0.25, 0.3) is 0 Å². The average Bonchev–Trinajstić information content (AvgIpc) is 3.17. The highest BCUT2D eigenvalue weighted by molar-refractivity contribution is 6.18. The molecule has 206 valence electrons. The zero-order valence-corrected chi connectivity index (χ0v) is 24.4. The summed E-state index contributed by atoms with van der Waals surface area (Å²) in [6, 6.07) is 4.47. The van der Waals surface area contributed by atoms with Crippen LogP contribution in [0, 0.1) is 5.82 Å². The number of esters is 1. The molecule has 0 aliphatic carbocycles. The zero-order valence-electron chi connectivity index (χ0n) is 24.4. The predicted octanol–water partition coefficient (Wildman–Crippen LogP) is 5.76. The highest BCUT2D eigenvalue weighted by Gasteiger charge is 2.39. The number of likely N-dealkylation sites (N-methyl/N-ethyl adjacent to an activating group) is 1. The van der Waals surface area contributed by atoms with E-state index in [0.717, 1.165) is 28.5 Å². The predicted molar refractivity (Wildman–Crippen MR) is 149 cm³/mol. The Hall–Kier alpha value is -2.87. The second kappa shape index (κ2) is 12.1. The van der Waals surface area contributed by atoms with E-state index in [1.807, 2.05) is 46.4 Å². The van der Waals surface area contributed by atoms with E-state index in [0.29, 0.717) is 30.8 Å². The van der Waals surface area contributed by atoms with Gasteiger partial charge in [0.2, 0.25) is 0 Å². The van der Waals surface area contributed by atoms with Gasteiger partial charge >= 0.3 is 12.0 Å². The number of rotatable bonds is 2. The number of ether oxygens (including phenoxy) is 1. The van der Waals surface area contributed by atoms with Gasteiger partial charge in [0, 0.05) is 29.1 Å². The van der Waals surface area contributed by atoms with Crippen LogP contribution in [0.25, 0.3) is 16.5 Å². The van der Waals surface area contributed by atoms with Gasteiger partial charge in [0.15, 0.2) is 0 Å². The molecular formula is C29H46FN4O3+. The van der Waals surface area contributed by atoms with Gasteiger partial charge in [-0.05, 0) is 37.6 Å². The summed E-state index contributed by atoms with van der Waals surface area (Å²) in [6.45, 7) is 19.1. The van der Waals surface area contributed by atoms with Crippen molar-refractivity contribution in [2.75, 3.05) is 46.8 Å². The Balaban J connectivity index is 0.00000115. The van der Waals surface area contributed by atoms with Gasteiger partial charge in [-0.15, -0.1) is 0 Å². The van der Waals surface area contributed by atoms with Gasteiger partial charge < -0.3 is 19.1 Å². The van der Waals surface area contributed by atoms with E-state index in [1.165, 1.54) is 12.1 Å². The van der Waals surface area contributed by atoms with Crippen molar-refractivity contribution in [1.29, 1.82) is 0 Å². The largest absolute Gasteiger partial charge is 0.459 e. The van der Waals surface area contributed by atoms with Crippen LogP contribution in [0.15, 0.2) is 24.4 Å². The van der Waals surface area contributed by atoms with Crippen LogP contribution in [0.2, 0.25) is 0 Å². The van der Waals surface area contributed by atoms with Gasteiger partial charge in [-0.3, -0.25) is 4.90 Å². The molecule has 0 bridgehead atoms. The molecular weight excluding hydrogens is 471 g/mol. The Labute approximate surface area is 221 Å². The highest BCUT2D eigenvalue weighted by Crippen LogP contribution is 2.40. The molecule has 0 unspecified atom stereocenters. The van der Waals surface area contributed by atoms with E-state index >= 15 is 0 Å². The third-order valence-corrected chi connectivity index (χ3v) is 6.59. The van der Waals surface area contributed by atoms with Crippen molar-refractivity contribution in [3.05, 3.63) is 41.5 Å². The summed E-state index contributed by atoms with van der Waals surface area (Å²) in [5.41, 5.74) is 1.87. The van der Waals surface area contributed by atoms with Crippen molar-refractivity contribution in [3.63, 3.8) is 0 Å². The standard InChI is InChI=1S/C25H34FN4O3.2C2H6/c1-16(2)33-23(31)19-14-29(24(32)28-9-11-30(5,6)12-10-28)15-25(3,4)21-18-8-7-17(26)13-20(18)27-22(19)21;2*1-2/h7-8,13-14,16,27H,9-12,15H2,1-6H3;2*1-2H3/q+1;;. The molecule has 2 aliphatic heterocycles. The molecule has 1 aromatic carbocycles. The van der Waals surface area contributed by atoms with E-state index in [9.17, 15) is 14.0 Å². The monoisotopic (exact) mass is 517 g/mol. The maximum atomic E-state index is 13.9. The Bertz CT molecular complexity index is 1120. The summed E-state index contributed by atoms with van der Waals surface area (Å²) in [7, 11) is 4.33. The van der Waals surface area contributed by atoms with Crippen molar-refractivity contribution < 1.29 is 23.2 Å². The fourth-order valence-electron chi connectivity index (χ4n) is 4.78. The molecule has 37 heavy (non-hydrogen) atoms. The lowest BCUT2D eigenvalue weighted by Crippen LogP contribution is -2.58. The van der Waals surface area contributed by atoms with Crippen LogP contribution in [-0.4, -0.2) is 84.2 Å². The first-order valence-corrected chi connectivity index (χ1v) is 13.5. The normalized spacial score (nSPS) is 18.0. The second-order valence-electron chi connectivity index (χ2n) is 10.7. The fraction of sp³-hybridized carbons (Fsp3) is 0.586. The lowest BCUT2D eigenvalue weighted by atomic mass is 9.82. The number of aromatic amines is 1. The molecule has 4 rings (SSSR count). The number of fused-ring (bicyclic) bond motifs is 3. The Morgan fingerprint density at radius 2 is 1.68 bits per heavy atom. The number of quaternary nitrogens is 1. The number of nitrogens with zero attached hydrogens (tertiary/aromatic N) is 3. The number of halogens is 1. The Morgan fingerprint density at radius 1 is 1.08 bits per heavy atom. The summed E-state index contributed by atoms with van der Waals surface area (Å²) in [5, 5.41) is 0.839. The van der Waals surface area contributed by atoms with Gasteiger partial charge in [-0.2, -0.15) is 0 Å². The van der Waals surface area contributed by atoms with E-state index < -0.39 is 11.4 Å². The van der Waals surface area contributed by atoms with Crippen LogP contribution in [0.3, 0.4) is 0 Å². The smallest absolute Gasteiger partial charge is 0.342 e. The van der Waals surface area contributed by atoms with Crippen LogP contribution >= 0.6 is 0 Å². The number of piperazine rings is 1. The van der Waals surface area contributed by atoms with Crippen molar-refractivity contribution in [1.82, 2.24) is 14.8 Å². The topological polar surface area (TPSA) is 65.6 Å². The number of carbonyl (C=O) groups is 2. The SMILES string of the molecule is CC.CC.CC(C)OC(=O)C1=CN(C(=O)N2CC[N+](C)(C)CC2)CC(C)(C)c2c1[nH]c1cc(F)ccc21. The van der Waals surface area contributed by atoms with Gasteiger partial charge in [0.05, 0.1) is 57.6 Å². The van der Waals surface area contributed by atoms with Crippen LogP contribution in [-0.2, 0) is 14.9 Å². The molecule has 1 aromatic heterocycles. The van der Waals surface area contributed by atoms with E-state index in [4.69, 9.17) is 4.74 Å². The molecule has 2 amide bonds. The minimum Gasteiger partial charge on any atom is -0.459 e. The van der Waals surface area contributed by atoms with Gasteiger partial charge in [-0.1, -0.05) is 41.5 Å². The molecule has 0 spiro atoms. The number of aromatic nitrogens is 1.